The predicted octanol–water partition coefficient (Wildman–Crippen LogP) is 1.21. The van der Waals surface area contributed by atoms with Gasteiger partial charge in [-0.25, -0.2) is 0 Å². The summed E-state index contributed by atoms with van der Waals surface area (Å²) in [6.07, 6.45) is 0.251. The average Bonchev–Trinajstić information content (AvgIpc) is 2.09. The Bertz CT molecular complexity index is 368. The van der Waals surface area contributed by atoms with Crippen LogP contribution >= 0.6 is 0 Å². The molecule has 0 unspecified atom stereocenters. The fourth-order valence-corrected chi connectivity index (χ4v) is 0.914. The first-order valence-corrected chi connectivity index (χ1v) is 3.43. The molecule has 0 atom stereocenters. The Morgan fingerprint density at radius 1 is 1.33 bits per heavy atom. The first-order valence-electron chi connectivity index (χ1n) is 3.43. The lowest BCUT2D eigenvalue weighted by Gasteiger charge is -1.99. The molecule has 0 aromatic heterocycles. The van der Waals surface area contributed by atoms with E-state index < -0.39 is 0 Å². The van der Waals surface area contributed by atoms with Crippen molar-refractivity contribution in [1.82, 2.24) is 0 Å². The van der Waals surface area contributed by atoms with Crippen LogP contribution in [0.5, 0.6) is 0 Å². The fourth-order valence-electron chi connectivity index (χ4n) is 0.914. The van der Waals surface area contributed by atoms with Crippen LogP contribution < -0.4 is 5.73 Å². The highest BCUT2D eigenvalue weighted by Crippen LogP contribution is 2.13. The van der Waals surface area contributed by atoms with E-state index in [9.17, 15) is 0 Å². The highest BCUT2D eigenvalue weighted by molar-refractivity contribution is 5.52. The third-order valence-corrected chi connectivity index (χ3v) is 1.54. The fraction of sp³-hybridized carbons (Fsp3) is 0.111. The normalized spacial score (nSPS) is 8.50. The van der Waals surface area contributed by atoms with Crippen LogP contribution in [0.2, 0.25) is 0 Å². The zero-order valence-electron chi connectivity index (χ0n) is 6.41. The standard InChI is InChI=1S/C9H7N3/c10-4-3-8-5-7(6-11)1-2-9(8)12/h1-2,5H,3,12H2. The lowest BCUT2D eigenvalue weighted by molar-refractivity contribution is 1.26. The average molecular weight is 157 g/mol. The summed E-state index contributed by atoms with van der Waals surface area (Å²) in [6.45, 7) is 0. The summed E-state index contributed by atoms with van der Waals surface area (Å²) in [4.78, 5) is 0. The molecule has 0 heterocycles. The van der Waals surface area contributed by atoms with Crippen molar-refractivity contribution >= 4 is 5.69 Å². The van der Waals surface area contributed by atoms with E-state index >= 15 is 0 Å². The van der Waals surface area contributed by atoms with Gasteiger partial charge in [-0.3, -0.25) is 0 Å². The number of nitrogen functional groups attached to an aromatic ring is 1. The summed E-state index contributed by atoms with van der Waals surface area (Å²) < 4.78 is 0. The molecule has 0 bridgehead atoms. The summed E-state index contributed by atoms with van der Waals surface area (Å²) in [6, 6.07) is 8.89. The number of hydrogen-bond donors (Lipinski definition) is 1. The van der Waals surface area contributed by atoms with Crippen LogP contribution in [0, 0.1) is 22.7 Å². The number of benzene rings is 1. The Hall–Kier alpha value is -2.00. The van der Waals surface area contributed by atoms with Gasteiger partial charge >= 0.3 is 0 Å². The molecule has 1 aromatic rings. The Kier molecular flexibility index (Phi) is 2.30. The Morgan fingerprint density at radius 3 is 2.67 bits per heavy atom. The van der Waals surface area contributed by atoms with Gasteiger partial charge in [0.15, 0.2) is 0 Å². The molecule has 0 fully saturated rings. The van der Waals surface area contributed by atoms with Gasteiger partial charge in [-0.1, -0.05) is 0 Å². The maximum Gasteiger partial charge on any atom is 0.0991 e. The van der Waals surface area contributed by atoms with Crippen LogP contribution in [0.15, 0.2) is 18.2 Å². The first-order chi connectivity index (χ1) is 5.77. The number of nitriles is 2. The SMILES string of the molecule is N#CCc1cc(C#N)ccc1N. The molecule has 0 spiro atoms. The first kappa shape index (κ1) is 8.10. The molecule has 3 heteroatoms. The Labute approximate surface area is 70.7 Å². The van der Waals surface area contributed by atoms with Crippen LogP contribution in [-0.4, -0.2) is 0 Å². The molecule has 0 saturated carbocycles. The van der Waals surface area contributed by atoms with Crippen molar-refractivity contribution in [2.45, 2.75) is 6.42 Å². The molecule has 0 aliphatic carbocycles. The van der Waals surface area contributed by atoms with Crippen LogP contribution in [0.25, 0.3) is 0 Å². The lowest BCUT2D eigenvalue weighted by atomic mass is 10.1. The zero-order chi connectivity index (χ0) is 8.97. The van der Waals surface area contributed by atoms with Gasteiger partial charge in [0, 0.05) is 5.69 Å². The van der Waals surface area contributed by atoms with Gasteiger partial charge in [0.2, 0.25) is 0 Å². The van der Waals surface area contributed by atoms with E-state index in [1.165, 1.54) is 0 Å². The number of rotatable bonds is 1. The van der Waals surface area contributed by atoms with E-state index in [4.69, 9.17) is 16.3 Å². The number of anilines is 1. The summed E-state index contributed by atoms with van der Waals surface area (Å²) in [7, 11) is 0. The highest BCUT2D eigenvalue weighted by atomic mass is 14.6. The minimum Gasteiger partial charge on any atom is -0.398 e. The van der Waals surface area contributed by atoms with Gasteiger partial charge in [0.25, 0.3) is 0 Å². The largest absolute Gasteiger partial charge is 0.398 e. The third-order valence-electron chi connectivity index (χ3n) is 1.54. The minimum atomic E-state index is 0.251. The maximum atomic E-state index is 8.55. The van der Waals surface area contributed by atoms with Gasteiger partial charge in [-0.15, -0.1) is 0 Å². The van der Waals surface area contributed by atoms with Crippen molar-refractivity contribution in [3.63, 3.8) is 0 Å². The van der Waals surface area contributed by atoms with Crippen molar-refractivity contribution in [2.75, 3.05) is 5.73 Å². The number of hydrogen-bond acceptors (Lipinski definition) is 3. The van der Waals surface area contributed by atoms with E-state index in [1.807, 2.05) is 12.1 Å². The van der Waals surface area contributed by atoms with E-state index in [0.29, 0.717) is 11.3 Å². The van der Waals surface area contributed by atoms with Gasteiger partial charge in [-0.05, 0) is 23.8 Å². The van der Waals surface area contributed by atoms with Gasteiger partial charge in [-0.2, -0.15) is 10.5 Å². The van der Waals surface area contributed by atoms with Crippen molar-refractivity contribution < 1.29 is 0 Å². The van der Waals surface area contributed by atoms with Crippen LogP contribution in [0.3, 0.4) is 0 Å². The van der Waals surface area contributed by atoms with Gasteiger partial charge in [0.05, 0.1) is 24.1 Å². The second-order valence-electron chi connectivity index (χ2n) is 2.36. The summed E-state index contributed by atoms with van der Waals surface area (Å²) in [5.41, 5.74) is 7.39. The van der Waals surface area contributed by atoms with Crippen molar-refractivity contribution in [2.24, 2.45) is 0 Å². The lowest BCUT2D eigenvalue weighted by Crippen LogP contribution is -1.93. The predicted molar refractivity (Wildman–Crippen MR) is 44.9 cm³/mol. The van der Waals surface area contributed by atoms with Crippen molar-refractivity contribution in [3.8, 4) is 12.1 Å². The van der Waals surface area contributed by atoms with Crippen molar-refractivity contribution in [1.29, 1.82) is 10.5 Å². The molecular formula is C9H7N3. The van der Waals surface area contributed by atoms with Crippen LogP contribution in [-0.2, 0) is 6.42 Å². The zero-order valence-corrected chi connectivity index (χ0v) is 6.41. The van der Waals surface area contributed by atoms with Gasteiger partial charge < -0.3 is 5.73 Å². The second kappa shape index (κ2) is 3.41. The second-order valence-corrected chi connectivity index (χ2v) is 2.36. The molecule has 0 aliphatic heterocycles. The van der Waals surface area contributed by atoms with E-state index in [-0.39, 0.29) is 6.42 Å². The minimum absolute atomic E-state index is 0.251. The van der Waals surface area contributed by atoms with Crippen molar-refractivity contribution in [3.05, 3.63) is 29.3 Å². The number of nitrogens with two attached hydrogens (primary N) is 1. The molecule has 0 aliphatic rings. The summed E-state index contributed by atoms with van der Waals surface area (Å²) in [5.74, 6) is 0. The highest BCUT2D eigenvalue weighted by Gasteiger charge is 1.99. The topological polar surface area (TPSA) is 73.6 Å². The molecule has 12 heavy (non-hydrogen) atoms. The molecule has 58 valence electrons. The smallest absolute Gasteiger partial charge is 0.0991 e. The molecule has 0 saturated heterocycles. The van der Waals surface area contributed by atoms with E-state index in [2.05, 4.69) is 0 Å². The van der Waals surface area contributed by atoms with E-state index in [1.54, 1.807) is 18.2 Å². The quantitative estimate of drug-likeness (QED) is 0.622. The third kappa shape index (κ3) is 1.53. The monoisotopic (exact) mass is 157 g/mol. The molecular weight excluding hydrogens is 150 g/mol. The summed E-state index contributed by atoms with van der Waals surface area (Å²) in [5, 5.41) is 17.0. The Balaban J connectivity index is 3.12. The van der Waals surface area contributed by atoms with E-state index in [0.717, 1.165) is 5.56 Å². The molecule has 0 radical (unpaired) electrons. The Morgan fingerprint density at radius 2 is 2.08 bits per heavy atom. The molecule has 2 N–H and O–H groups in total. The van der Waals surface area contributed by atoms with Gasteiger partial charge in [0.1, 0.15) is 0 Å². The van der Waals surface area contributed by atoms with Crippen LogP contribution in [0.4, 0.5) is 5.69 Å². The molecule has 1 rings (SSSR count). The molecule has 0 amide bonds. The van der Waals surface area contributed by atoms with Crippen LogP contribution in [0.1, 0.15) is 11.1 Å². The molecule has 3 nitrogen and oxygen atoms in total. The number of nitrogens with zero attached hydrogens (tertiary/aromatic N) is 2. The molecule has 1 aromatic carbocycles. The summed E-state index contributed by atoms with van der Waals surface area (Å²) >= 11 is 0. The maximum absolute atomic E-state index is 8.55.